The fourth-order valence-corrected chi connectivity index (χ4v) is 2.37. The Kier molecular flexibility index (Phi) is 10.8. The standard InChI is InChI=1S/C12H29N2O4P/c1-5-13(6-2)9-11-17-19(15,16)18-12-10-14(7-3)8-4/h5-12H2,1-4H3,(H,15,16)/p-1. The van der Waals surface area contributed by atoms with E-state index >= 15 is 0 Å². The van der Waals surface area contributed by atoms with Crippen LogP contribution < -0.4 is 4.89 Å². The Hall–Kier alpha value is 0.0300. The quantitative estimate of drug-likeness (QED) is 0.504. The van der Waals surface area contributed by atoms with Gasteiger partial charge in [0.05, 0.1) is 13.2 Å². The maximum atomic E-state index is 11.5. The molecule has 116 valence electrons. The Morgan fingerprint density at radius 2 is 1.16 bits per heavy atom. The van der Waals surface area contributed by atoms with Gasteiger partial charge in [0.1, 0.15) is 0 Å². The monoisotopic (exact) mass is 295 g/mol. The second-order valence-corrected chi connectivity index (χ2v) is 5.58. The Bertz CT molecular complexity index is 236. The number of hydrogen-bond acceptors (Lipinski definition) is 6. The van der Waals surface area contributed by atoms with E-state index in [2.05, 4.69) is 9.80 Å². The maximum absolute atomic E-state index is 11.5. The van der Waals surface area contributed by atoms with E-state index in [0.717, 1.165) is 26.2 Å². The Morgan fingerprint density at radius 3 is 1.42 bits per heavy atom. The van der Waals surface area contributed by atoms with Gasteiger partial charge < -0.3 is 23.7 Å². The molecule has 0 radical (unpaired) electrons. The molecule has 0 atom stereocenters. The highest BCUT2D eigenvalue weighted by Crippen LogP contribution is 2.37. The molecule has 0 aliphatic heterocycles. The minimum Gasteiger partial charge on any atom is -0.756 e. The molecule has 0 aliphatic carbocycles. The van der Waals surface area contributed by atoms with Gasteiger partial charge in [-0.25, -0.2) is 0 Å². The third-order valence-electron chi connectivity index (χ3n) is 3.10. The van der Waals surface area contributed by atoms with Gasteiger partial charge in [0, 0.05) is 13.1 Å². The molecule has 7 heteroatoms. The summed E-state index contributed by atoms with van der Waals surface area (Å²) >= 11 is 0. The van der Waals surface area contributed by atoms with Crippen LogP contribution in [0.25, 0.3) is 0 Å². The topological polar surface area (TPSA) is 65.1 Å². The highest BCUT2D eigenvalue weighted by molar-refractivity contribution is 7.45. The third kappa shape index (κ3) is 9.55. The summed E-state index contributed by atoms with van der Waals surface area (Å²) in [7, 11) is -4.15. The van der Waals surface area contributed by atoms with E-state index in [9.17, 15) is 9.46 Å². The molecule has 19 heavy (non-hydrogen) atoms. The molecule has 0 rings (SSSR count). The molecule has 0 aromatic heterocycles. The lowest BCUT2D eigenvalue weighted by Crippen LogP contribution is -2.29. The van der Waals surface area contributed by atoms with E-state index in [-0.39, 0.29) is 13.2 Å². The van der Waals surface area contributed by atoms with Gasteiger partial charge in [0.15, 0.2) is 0 Å². The Morgan fingerprint density at radius 1 is 0.842 bits per heavy atom. The van der Waals surface area contributed by atoms with Gasteiger partial charge in [-0.2, -0.15) is 0 Å². The minimum absolute atomic E-state index is 0.147. The van der Waals surface area contributed by atoms with Gasteiger partial charge >= 0.3 is 0 Å². The first kappa shape index (κ1) is 19.0. The summed E-state index contributed by atoms with van der Waals surface area (Å²) < 4.78 is 21.2. The van der Waals surface area contributed by atoms with Crippen LogP contribution in [0.5, 0.6) is 0 Å². The van der Waals surface area contributed by atoms with Crippen LogP contribution in [-0.2, 0) is 13.6 Å². The lowest BCUT2D eigenvalue weighted by molar-refractivity contribution is -0.225. The zero-order valence-corrected chi connectivity index (χ0v) is 13.5. The molecular formula is C12H28N2O4P-. The molecular weight excluding hydrogens is 267 g/mol. The van der Waals surface area contributed by atoms with Crippen molar-refractivity contribution in [1.29, 1.82) is 0 Å². The van der Waals surface area contributed by atoms with Gasteiger partial charge in [-0.15, -0.1) is 0 Å². The summed E-state index contributed by atoms with van der Waals surface area (Å²) in [5, 5.41) is 0. The van der Waals surface area contributed by atoms with Crippen molar-refractivity contribution in [2.24, 2.45) is 0 Å². The largest absolute Gasteiger partial charge is 0.756 e. The van der Waals surface area contributed by atoms with E-state index in [1.807, 2.05) is 27.7 Å². The number of hydrogen-bond donors (Lipinski definition) is 0. The van der Waals surface area contributed by atoms with Crippen LogP contribution in [-0.4, -0.2) is 62.3 Å². The van der Waals surface area contributed by atoms with Crippen LogP contribution in [0.3, 0.4) is 0 Å². The van der Waals surface area contributed by atoms with Crippen LogP contribution in [0.15, 0.2) is 0 Å². The average molecular weight is 295 g/mol. The fourth-order valence-electron chi connectivity index (χ4n) is 1.68. The van der Waals surface area contributed by atoms with Crippen molar-refractivity contribution < 1.29 is 18.5 Å². The molecule has 0 bridgehead atoms. The number of likely N-dealkylation sites (N-methyl/N-ethyl adjacent to an activating group) is 2. The number of phosphoric acid groups is 1. The zero-order valence-electron chi connectivity index (χ0n) is 12.6. The molecule has 0 amide bonds. The van der Waals surface area contributed by atoms with Crippen molar-refractivity contribution in [2.75, 3.05) is 52.5 Å². The molecule has 0 aliphatic rings. The first-order chi connectivity index (χ1) is 8.99. The van der Waals surface area contributed by atoms with Crippen molar-refractivity contribution in [3.05, 3.63) is 0 Å². The lowest BCUT2D eigenvalue weighted by atomic mass is 10.5. The first-order valence-electron chi connectivity index (χ1n) is 7.03. The van der Waals surface area contributed by atoms with Crippen molar-refractivity contribution in [2.45, 2.75) is 27.7 Å². The van der Waals surface area contributed by atoms with Gasteiger partial charge in [0.25, 0.3) is 7.82 Å². The highest BCUT2D eigenvalue weighted by atomic mass is 31.2. The normalized spacial score (nSPS) is 12.6. The molecule has 0 aromatic rings. The zero-order chi connectivity index (χ0) is 14.7. The smallest absolute Gasteiger partial charge is 0.267 e. The van der Waals surface area contributed by atoms with Crippen molar-refractivity contribution in [3.63, 3.8) is 0 Å². The summed E-state index contributed by atoms with van der Waals surface area (Å²) in [6.45, 7) is 13.1. The molecule has 0 aromatic carbocycles. The molecule has 0 fully saturated rings. The van der Waals surface area contributed by atoms with Gasteiger partial charge in [-0.3, -0.25) is 4.57 Å². The lowest BCUT2D eigenvalue weighted by Gasteiger charge is -2.26. The van der Waals surface area contributed by atoms with Gasteiger partial charge in [-0.05, 0) is 26.2 Å². The summed E-state index contributed by atoms with van der Waals surface area (Å²) in [4.78, 5) is 15.7. The average Bonchev–Trinajstić information content (AvgIpc) is 2.39. The van der Waals surface area contributed by atoms with E-state index in [0.29, 0.717) is 13.1 Å². The van der Waals surface area contributed by atoms with Crippen LogP contribution in [0.2, 0.25) is 0 Å². The van der Waals surface area contributed by atoms with E-state index < -0.39 is 7.82 Å². The predicted molar refractivity (Wildman–Crippen MR) is 75.1 cm³/mol. The van der Waals surface area contributed by atoms with Gasteiger partial charge in [-0.1, -0.05) is 27.7 Å². The summed E-state index contributed by atoms with van der Waals surface area (Å²) in [5.74, 6) is 0. The number of nitrogens with zero attached hydrogens (tertiary/aromatic N) is 2. The van der Waals surface area contributed by atoms with E-state index in [1.54, 1.807) is 0 Å². The highest BCUT2D eigenvalue weighted by Gasteiger charge is 2.10. The van der Waals surface area contributed by atoms with Crippen LogP contribution >= 0.6 is 7.82 Å². The Labute approximate surface area is 117 Å². The summed E-state index contributed by atoms with van der Waals surface area (Å²) in [6.07, 6.45) is 0. The molecule has 0 heterocycles. The first-order valence-corrected chi connectivity index (χ1v) is 8.49. The molecule has 0 unspecified atom stereocenters. The SMILES string of the molecule is CCN(CC)CCOP(=O)([O-])OCCN(CC)CC. The second-order valence-electron chi connectivity index (χ2n) is 4.17. The maximum Gasteiger partial charge on any atom is 0.267 e. The molecule has 0 saturated carbocycles. The molecule has 0 N–H and O–H groups in total. The third-order valence-corrected chi connectivity index (χ3v) is 4.10. The molecule has 6 nitrogen and oxygen atoms in total. The fraction of sp³-hybridized carbons (Fsp3) is 1.00. The van der Waals surface area contributed by atoms with Crippen molar-refractivity contribution >= 4 is 7.82 Å². The molecule has 0 saturated heterocycles. The van der Waals surface area contributed by atoms with Crippen molar-refractivity contribution in [3.8, 4) is 0 Å². The number of rotatable bonds is 12. The summed E-state index contributed by atoms with van der Waals surface area (Å²) in [5.41, 5.74) is 0. The van der Waals surface area contributed by atoms with Crippen LogP contribution in [0, 0.1) is 0 Å². The van der Waals surface area contributed by atoms with Crippen molar-refractivity contribution in [1.82, 2.24) is 9.80 Å². The van der Waals surface area contributed by atoms with Gasteiger partial charge in [0.2, 0.25) is 0 Å². The minimum atomic E-state index is -4.15. The molecule has 0 spiro atoms. The summed E-state index contributed by atoms with van der Waals surface area (Å²) in [6, 6.07) is 0. The Balaban J connectivity index is 3.82. The van der Waals surface area contributed by atoms with Crippen LogP contribution in [0.1, 0.15) is 27.7 Å². The van der Waals surface area contributed by atoms with E-state index in [4.69, 9.17) is 9.05 Å². The second kappa shape index (κ2) is 10.8. The number of phosphoric ester groups is 1. The predicted octanol–water partition coefficient (Wildman–Crippen LogP) is 1.17. The van der Waals surface area contributed by atoms with E-state index in [1.165, 1.54) is 0 Å². The van der Waals surface area contributed by atoms with Crippen LogP contribution in [0.4, 0.5) is 0 Å².